The summed E-state index contributed by atoms with van der Waals surface area (Å²) in [5, 5.41) is 10.1. The molecule has 19 heavy (non-hydrogen) atoms. The van der Waals surface area contributed by atoms with Crippen LogP contribution in [0.2, 0.25) is 0 Å². The number of amides is 1. The first kappa shape index (κ1) is 14.8. The minimum atomic E-state index is -0.618. The number of aliphatic hydroxyl groups is 1. The van der Waals surface area contributed by atoms with E-state index in [1.807, 2.05) is 4.90 Å². The van der Waals surface area contributed by atoms with Crippen molar-refractivity contribution in [2.45, 2.75) is 63.9 Å². The molecule has 2 fully saturated rings. The molecule has 2 aliphatic rings. The summed E-state index contributed by atoms with van der Waals surface area (Å²) >= 11 is 0. The van der Waals surface area contributed by atoms with E-state index >= 15 is 0 Å². The Bertz CT molecular complexity index is 318. The summed E-state index contributed by atoms with van der Waals surface area (Å²) in [4.78, 5) is 14.1. The minimum Gasteiger partial charge on any atom is -0.386 e. The van der Waals surface area contributed by atoms with Crippen LogP contribution >= 0.6 is 0 Å². The zero-order valence-electron chi connectivity index (χ0n) is 12.2. The molecule has 4 heteroatoms. The Balaban J connectivity index is 1.84. The van der Waals surface area contributed by atoms with Crippen molar-refractivity contribution in [2.24, 2.45) is 11.1 Å². The molecule has 0 unspecified atom stereocenters. The van der Waals surface area contributed by atoms with Gasteiger partial charge in [0.25, 0.3) is 0 Å². The third-order valence-corrected chi connectivity index (χ3v) is 4.91. The summed E-state index contributed by atoms with van der Waals surface area (Å²) in [5.41, 5.74) is 5.34. The largest absolute Gasteiger partial charge is 0.386 e. The average Bonchev–Trinajstić information content (AvgIpc) is 2.37. The van der Waals surface area contributed by atoms with E-state index < -0.39 is 5.60 Å². The lowest BCUT2D eigenvalue weighted by molar-refractivity contribution is -0.159. The topological polar surface area (TPSA) is 66.6 Å². The van der Waals surface area contributed by atoms with Gasteiger partial charge in [0.15, 0.2) is 0 Å². The Hall–Kier alpha value is -0.610. The molecule has 0 aromatic heterocycles. The number of β-amino-alcohol motifs (C(OH)–C–C–N with tert-alkyl or cyclic N) is 1. The first-order chi connectivity index (χ1) is 9.02. The van der Waals surface area contributed by atoms with Gasteiger partial charge in [-0.15, -0.1) is 0 Å². The summed E-state index contributed by atoms with van der Waals surface area (Å²) in [6, 6.07) is 0. The van der Waals surface area contributed by atoms with Gasteiger partial charge >= 0.3 is 0 Å². The van der Waals surface area contributed by atoms with E-state index in [0.29, 0.717) is 26.1 Å². The molecule has 0 aromatic carbocycles. The van der Waals surface area contributed by atoms with Gasteiger partial charge in [0.2, 0.25) is 5.91 Å². The van der Waals surface area contributed by atoms with E-state index in [9.17, 15) is 9.90 Å². The van der Waals surface area contributed by atoms with Crippen LogP contribution in [-0.4, -0.2) is 41.1 Å². The summed E-state index contributed by atoms with van der Waals surface area (Å²) in [7, 11) is 0. The summed E-state index contributed by atoms with van der Waals surface area (Å²) in [5.74, 6) is 0.188. The van der Waals surface area contributed by atoms with E-state index in [2.05, 4.69) is 6.92 Å². The van der Waals surface area contributed by atoms with Gasteiger partial charge in [-0.25, -0.2) is 0 Å². The van der Waals surface area contributed by atoms with Crippen LogP contribution in [0.5, 0.6) is 0 Å². The van der Waals surface area contributed by atoms with Crippen LogP contribution in [0.3, 0.4) is 0 Å². The Morgan fingerprint density at radius 3 is 2.42 bits per heavy atom. The van der Waals surface area contributed by atoms with Crippen molar-refractivity contribution in [3.8, 4) is 0 Å². The van der Waals surface area contributed by atoms with E-state index in [4.69, 9.17) is 5.73 Å². The van der Waals surface area contributed by atoms with Gasteiger partial charge in [0.1, 0.15) is 0 Å². The van der Waals surface area contributed by atoms with Crippen molar-refractivity contribution in [3.05, 3.63) is 0 Å². The Kier molecular flexibility index (Phi) is 4.51. The molecule has 1 heterocycles. The van der Waals surface area contributed by atoms with Crippen molar-refractivity contribution >= 4 is 5.91 Å². The standard InChI is InChI=1S/C15H28N2O2/c1-2-6-15(19)11-17(12-15)13(18)9-14(10-16)7-4-3-5-8-14/h19H,2-12,16H2,1H3. The lowest BCUT2D eigenvalue weighted by atomic mass is 9.71. The lowest BCUT2D eigenvalue weighted by Crippen LogP contribution is -2.63. The van der Waals surface area contributed by atoms with Gasteiger partial charge in [0.05, 0.1) is 18.7 Å². The molecule has 0 bridgehead atoms. The number of hydrogen-bond acceptors (Lipinski definition) is 3. The van der Waals surface area contributed by atoms with Crippen LogP contribution in [0.4, 0.5) is 0 Å². The molecule has 0 spiro atoms. The van der Waals surface area contributed by atoms with Crippen LogP contribution in [0.1, 0.15) is 58.3 Å². The van der Waals surface area contributed by atoms with Crippen LogP contribution in [0.15, 0.2) is 0 Å². The van der Waals surface area contributed by atoms with Gasteiger partial charge in [-0.05, 0) is 31.2 Å². The molecule has 0 radical (unpaired) electrons. The van der Waals surface area contributed by atoms with Crippen molar-refractivity contribution in [1.82, 2.24) is 4.90 Å². The number of carbonyl (C=O) groups is 1. The highest BCUT2D eigenvalue weighted by atomic mass is 16.3. The third kappa shape index (κ3) is 3.29. The van der Waals surface area contributed by atoms with Gasteiger partial charge < -0.3 is 15.7 Å². The number of hydrogen-bond donors (Lipinski definition) is 2. The second-order valence-electron chi connectivity index (χ2n) is 6.67. The molecular weight excluding hydrogens is 240 g/mol. The van der Waals surface area contributed by atoms with Crippen molar-refractivity contribution < 1.29 is 9.90 Å². The quantitative estimate of drug-likeness (QED) is 0.797. The molecule has 0 aromatic rings. The number of nitrogens with zero attached hydrogens (tertiary/aromatic N) is 1. The molecule has 4 nitrogen and oxygen atoms in total. The fourth-order valence-corrected chi connectivity index (χ4v) is 3.65. The van der Waals surface area contributed by atoms with E-state index in [0.717, 1.165) is 25.7 Å². The fraction of sp³-hybridized carbons (Fsp3) is 0.933. The maximum absolute atomic E-state index is 12.3. The van der Waals surface area contributed by atoms with E-state index in [-0.39, 0.29) is 11.3 Å². The van der Waals surface area contributed by atoms with Crippen molar-refractivity contribution in [2.75, 3.05) is 19.6 Å². The Labute approximate surface area is 116 Å². The molecule has 0 atom stereocenters. The molecule has 1 aliphatic heterocycles. The molecule has 1 saturated heterocycles. The van der Waals surface area contributed by atoms with Gasteiger partial charge in [-0.1, -0.05) is 32.6 Å². The van der Waals surface area contributed by atoms with Crippen LogP contribution in [-0.2, 0) is 4.79 Å². The summed E-state index contributed by atoms with van der Waals surface area (Å²) in [6.45, 7) is 3.71. The predicted octanol–water partition coefficient (Wildman–Crippen LogP) is 1.66. The first-order valence-electron chi connectivity index (χ1n) is 7.73. The van der Waals surface area contributed by atoms with Crippen LogP contribution in [0, 0.1) is 5.41 Å². The number of nitrogens with two attached hydrogens (primary N) is 1. The molecular formula is C15H28N2O2. The molecule has 1 saturated carbocycles. The second kappa shape index (κ2) is 5.80. The molecule has 110 valence electrons. The zero-order chi connectivity index (χ0) is 13.9. The molecule has 2 rings (SSSR count). The number of carbonyl (C=O) groups excluding carboxylic acids is 1. The number of likely N-dealkylation sites (tertiary alicyclic amines) is 1. The minimum absolute atomic E-state index is 0.0355. The van der Waals surface area contributed by atoms with E-state index in [1.165, 1.54) is 19.3 Å². The van der Waals surface area contributed by atoms with Gasteiger partial charge in [-0.3, -0.25) is 4.79 Å². The van der Waals surface area contributed by atoms with Crippen molar-refractivity contribution in [3.63, 3.8) is 0 Å². The first-order valence-corrected chi connectivity index (χ1v) is 7.73. The second-order valence-corrected chi connectivity index (χ2v) is 6.67. The maximum atomic E-state index is 12.3. The molecule has 1 amide bonds. The smallest absolute Gasteiger partial charge is 0.223 e. The SMILES string of the molecule is CCCC1(O)CN(C(=O)CC2(CN)CCCCC2)C1. The fourth-order valence-electron chi connectivity index (χ4n) is 3.65. The highest BCUT2D eigenvalue weighted by Crippen LogP contribution is 2.39. The third-order valence-electron chi connectivity index (χ3n) is 4.91. The number of rotatable bonds is 5. The van der Waals surface area contributed by atoms with Crippen LogP contribution in [0.25, 0.3) is 0 Å². The van der Waals surface area contributed by atoms with Crippen LogP contribution < -0.4 is 5.73 Å². The highest BCUT2D eigenvalue weighted by Gasteiger charge is 2.44. The monoisotopic (exact) mass is 268 g/mol. The molecule has 1 aliphatic carbocycles. The lowest BCUT2D eigenvalue weighted by Gasteiger charge is -2.48. The maximum Gasteiger partial charge on any atom is 0.223 e. The summed E-state index contributed by atoms with van der Waals surface area (Å²) < 4.78 is 0. The zero-order valence-corrected chi connectivity index (χ0v) is 12.2. The Morgan fingerprint density at radius 2 is 1.89 bits per heavy atom. The van der Waals surface area contributed by atoms with Gasteiger partial charge in [0, 0.05) is 6.42 Å². The predicted molar refractivity (Wildman–Crippen MR) is 75.6 cm³/mol. The normalized spacial score (nSPS) is 24.9. The summed E-state index contributed by atoms with van der Waals surface area (Å²) in [6.07, 6.45) is 8.17. The average molecular weight is 268 g/mol. The highest BCUT2D eigenvalue weighted by molar-refractivity contribution is 5.78. The Morgan fingerprint density at radius 1 is 1.26 bits per heavy atom. The molecule has 3 N–H and O–H groups in total. The van der Waals surface area contributed by atoms with Gasteiger partial charge in [-0.2, -0.15) is 0 Å². The van der Waals surface area contributed by atoms with E-state index in [1.54, 1.807) is 0 Å². The van der Waals surface area contributed by atoms with Crippen molar-refractivity contribution in [1.29, 1.82) is 0 Å².